The molecule has 1 atom stereocenters. The molecule has 0 radical (unpaired) electrons. The predicted octanol–water partition coefficient (Wildman–Crippen LogP) is 1.57. The maximum absolute atomic E-state index is 11.8. The average Bonchev–Trinajstić information content (AvgIpc) is 2.68. The molecule has 0 aliphatic heterocycles. The van der Waals surface area contributed by atoms with Crippen molar-refractivity contribution in [1.82, 2.24) is 5.32 Å². The van der Waals surface area contributed by atoms with Gasteiger partial charge < -0.3 is 10.4 Å². The van der Waals surface area contributed by atoms with E-state index in [1.165, 1.54) is 0 Å². The van der Waals surface area contributed by atoms with E-state index in [0.29, 0.717) is 0 Å². The Hall–Kier alpha value is -1.32. The zero-order valence-corrected chi connectivity index (χ0v) is 9.77. The van der Waals surface area contributed by atoms with Gasteiger partial charge in [0.15, 0.2) is 0 Å². The lowest BCUT2D eigenvalue weighted by Gasteiger charge is -2.22. The van der Waals surface area contributed by atoms with Crippen molar-refractivity contribution in [2.45, 2.75) is 39.2 Å². The fourth-order valence-corrected chi connectivity index (χ4v) is 1.77. The number of amides is 1. The summed E-state index contributed by atoms with van der Waals surface area (Å²) in [7, 11) is 0. The molecular weight excluding hydrogens is 206 g/mol. The van der Waals surface area contributed by atoms with Crippen LogP contribution in [0.1, 0.15) is 33.1 Å². The lowest BCUT2D eigenvalue weighted by Crippen LogP contribution is -2.42. The van der Waals surface area contributed by atoms with E-state index in [0.717, 1.165) is 12.8 Å². The number of hydrogen-bond donors (Lipinski definition) is 2. The van der Waals surface area contributed by atoms with E-state index < -0.39 is 5.97 Å². The van der Waals surface area contributed by atoms with Gasteiger partial charge in [0.05, 0.1) is 6.42 Å². The maximum Gasteiger partial charge on any atom is 0.305 e. The van der Waals surface area contributed by atoms with Crippen molar-refractivity contribution in [3.05, 3.63) is 12.2 Å². The summed E-state index contributed by atoms with van der Waals surface area (Å²) in [6.45, 7) is 3.83. The first-order valence-electron chi connectivity index (χ1n) is 5.68. The molecule has 1 rings (SSSR count). The van der Waals surface area contributed by atoms with Gasteiger partial charge in [0.1, 0.15) is 0 Å². The number of carbonyl (C=O) groups is 2. The van der Waals surface area contributed by atoms with Crippen molar-refractivity contribution in [1.29, 1.82) is 0 Å². The van der Waals surface area contributed by atoms with Crippen molar-refractivity contribution < 1.29 is 14.7 Å². The van der Waals surface area contributed by atoms with Gasteiger partial charge in [0.2, 0.25) is 5.91 Å². The minimum absolute atomic E-state index is 0.00459. The van der Waals surface area contributed by atoms with Gasteiger partial charge in [0, 0.05) is 12.0 Å². The van der Waals surface area contributed by atoms with Gasteiger partial charge in [-0.15, -0.1) is 0 Å². The van der Waals surface area contributed by atoms with Gasteiger partial charge in [-0.05, 0) is 18.8 Å². The van der Waals surface area contributed by atoms with Crippen molar-refractivity contribution in [3.8, 4) is 0 Å². The summed E-state index contributed by atoms with van der Waals surface area (Å²) in [6, 6.07) is -0.273. The lowest BCUT2D eigenvalue weighted by molar-refractivity contribution is -0.138. The quantitative estimate of drug-likeness (QED) is 0.698. The number of carboxylic acid groups (broad SMARTS) is 1. The Bertz CT molecular complexity index is 289. The SMILES string of the molecule is CC(C)C(CC(=O)O)NC(=O)C1CC=CC1. The topological polar surface area (TPSA) is 66.4 Å². The second-order valence-corrected chi connectivity index (χ2v) is 4.60. The molecule has 1 amide bonds. The average molecular weight is 225 g/mol. The molecule has 0 saturated heterocycles. The molecule has 0 aromatic rings. The Morgan fingerprint density at radius 1 is 1.38 bits per heavy atom. The summed E-state index contributed by atoms with van der Waals surface area (Å²) < 4.78 is 0. The van der Waals surface area contributed by atoms with Crippen LogP contribution in [-0.4, -0.2) is 23.0 Å². The van der Waals surface area contributed by atoms with Gasteiger partial charge in [-0.25, -0.2) is 0 Å². The van der Waals surface area contributed by atoms with E-state index in [2.05, 4.69) is 5.32 Å². The van der Waals surface area contributed by atoms with Gasteiger partial charge in [-0.2, -0.15) is 0 Å². The van der Waals surface area contributed by atoms with E-state index in [4.69, 9.17) is 5.11 Å². The third kappa shape index (κ3) is 3.68. The first kappa shape index (κ1) is 12.7. The van der Waals surface area contributed by atoms with Crippen LogP contribution in [0.15, 0.2) is 12.2 Å². The summed E-state index contributed by atoms with van der Waals surface area (Å²) in [5.74, 6) is -0.766. The minimum atomic E-state index is -0.872. The molecule has 4 heteroatoms. The van der Waals surface area contributed by atoms with Crippen molar-refractivity contribution in [2.75, 3.05) is 0 Å². The lowest BCUT2D eigenvalue weighted by atomic mass is 9.99. The number of hydrogen-bond acceptors (Lipinski definition) is 2. The molecule has 0 saturated carbocycles. The number of carbonyl (C=O) groups excluding carboxylic acids is 1. The number of rotatable bonds is 5. The molecule has 0 aromatic heterocycles. The van der Waals surface area contributed by atoms with Crippen LogP contribution in [0.3, 0.4) is 0 Å². The normalized spacial score (nSPS) is 17.7. The molecule has 0 spiro atoms. The summed E-state index contributed by atoms with van der Waals surface area (Å²) >= 11 is 0. The largest absolute Gasteiger partial charge is 0.481 e. The van der Waals surface area contributed by atoms with E-state index in [9.17, 15) is 9.59 Å². The summed E-state index contributed by atoms with van der Waals surface area (Å²) in [6.07, 6.45) is 5.51. The van der Waals surface area contributed by atoms with Gasteiger partial charge in [-0.1, -0.05) is 26.0 Å². The first-order chi connectivity index (χ1) is 7.50. The van der Waals surface area contributed by atoms with Crippen LogP contribution in [0.4, 0.5) is 0 Å². The highest BCUT2D eigenvalue weighted by molar-refractivity contribution is 5.80. The van der Waals surface area contributed by atoms with E-state index in [1.807, 2.05) is 26.0 Å². The van der Waals surface area contributed by atoms with Crippen LogP contribution < -0.4 is 5.32 Å². The highest BCUT2D eigenvalue weighted by Gasteiger charge is 2.24. The van der Waals surface area contributed by atoms with Gasteiger partial charge >= 0.3 is 5.97 Å². The third-order valence-corrected chi connectivity index (χ3v) is 2.91. The Morgan fingerprint density at radius 3 is 2.38 bits per heavy atom. The number of allylic oxidation sites excluding steroid dienone is 2. The van der Waals surface area contributed by atoms with Crippen LogP contribution in [0.5, 0.6) is 0 Å². The maximum atomic E-state index is 11.8. The van der Waals surface area contributed by atoms with Crippen LogP contribution in [0.25, 0.3) is 0 Å². The third-order valence-electron chi connectivity index (χ3n) is 2.91. The van der Waals surface area contributed by atoms with Gasteiger partial charge in [-0.3, -0.25) is 9.59 Å². The molecular formula is C12H19NO3. The second-order valence-electron chi connectivity index (χ2n) is 4.60. The molecule has 4 nitrogen and oxygen atoms in total. The van der Waals surface area contributed by atoms with Crippen LogP contribution in [0, 0.1) is 11.8 Å². The second kappa shape index (κ2) is 5.68. The molecule has 0 heterocycles. The van der Waals surface area contributed by atoms with E-state index >= 15 is 0 Å². The number of aliphatic carboxylic acids is 1. The molecule has 2 N–H and O–H groups in total. The van der Waals surface area contributed by atoms with Crippen molar-refractivity contribution in [2.24, 2.45) is 11.8 Å². The Morgan fingerprint density at radius 2 is 1.94 bits per heavy atom. The fraction of sp³-hybridized carbons (Fsp3) is 0.667. The molecule has 90 valence electrons. The first-order valence-corrected chi connectivity index (χ1v) is 5.68. The molecule has 16 heavy (non-hydrogen) atoms. The highest BCUT2D eigenvalue weighted by atomic mass is 16.4. The standard InChI is InChI=1S/C12H19NO3/c1-8(2)10(7-11(14)15)13-12(16)9-5-3-4-6-9/h3-4,8-10H,5-7H2,1-2H3,(H,13,16)(H,14,15). The number of nitrogens with one attached hydrogen (secondary N) is 1. The summed E-state index contributed by atoms with van der Waals surface area (Å²) in [5, 5.41) is 11.6. The monoisotopic (exact) mass is 225 g/mol. The van der Waals surface area contributed by atoms with Crippen LogP contribution >= 0.6 is 0 Å². The van der Waals surface area contributed by atoms with Gasteiger partial charge in [0.25, 0.3) is 0 Å². The molecule has 1 aliphatic carbocycles. The van der Waals surface area contributed by atoms with E-state index in [1.54, 1.807) is 0 Å². The Labute approximate surface area is 95.7 Å². The molecule has 1 unspecified atom stereocenters. The Kier molecular flexibility index (Phi) is 4.52. The minimum Gasteiger partial charge on any atom is -0.481 e. The highest BCUT2D eigenvalue weighted by Crippen LogP contribution is 2.18. The smallest absolute Gasteiger partial charge is 0.305 e. The zero-order valence-electron chi connectivity index (χ0n) is 9.77. The van der Waals surface area contributed by atoms with Crippen LogP contribution in [0.2, 0.25) is 0 Å². The summed E-state index contributed by atoms with van der Waals surface area (Å²) in [5.41, 5.74) is 0. The van der Waals surface area contributed by atoms with Crippen molar-refractivity contribution in [3.63, 3.8) is 0 Å². The zero-order chi connectivity index (χ0) is 12.1. The molecule has 0 bridgehead atoms. The van der Waals surface area contributed by atoms with Crippen molar-refractivity contribution >= 4 is 11.9 Å². The summed E-state index contributed by atoms with van der Waals surface area (Å²) in [4.78, 5) is 22.5. The molecule has 0 fully saturated rings. The number of carboxylic acids is 1. The molecule has 0 aromatic carbocycles. The van der Waals surface area contributed by atoms with E-state index in [-0.39, 0.29) is 30.2 Å². The Balaban J connectivity index is 2.47. The molecule has 1 aliphatic rings. The van der Waals surface area contributed by atoms with Crippen LogP contribution in [-0.2, 0) is 9.59 Å². The predicted molar refractivity (Wildman–Crippen MR) is 60.9 cm³/mol. The fourth-order valence-electron chi connectivity index (χ4n) is 1.77.